The van der Waals surface area contributed by atoms with Crippen molar-refractivity contribution in [2.24, 2.45) is 11.8 Å². The molecule has 1 saturated heterocycles. The predicted octanol–water partition coefficient (Wildman–Crippen LogP) is 2.71. The Morgan fingerprint density at radius 2 is 2.10 bits per heavy atom. The minimum atomic E-state index is -0.950. The zero-order chi connectivity index (χ0) is 15.1. The minimum absolute atomic E-state index is 0.0440. The standard InChI is InChI=1S/C14H14Cl2N2O3/c15-10-5-17-11(16)4-9(10)13(19)18-6-7-2-1-3-8(7)12(18)14(20)21/h4-5,7-8,12H,1-3,6H2,(H,20,21). The number of carboxylic acid groups (broad SMARTS) is 1. The lowest BCUT2D eigenvalue weighted by molar-refractivity contribution is -0.142. The molecular formula is C14H14Cl2N2O3. The number of rotatable bonds is 2. The fraction of sp³-hybridized carbons (Fsp3) is 0.500. The van der Waals surface area contributed by atoms with Crippen molar-refractivity contribution in [1.29, 1.82) is 0 Å². The molecule has 2 heterocycles. The van der Waals surface area contributed by atoms with E-state index in [1.807, 2.05) is 0 Å². The Bertz CT molecular complexity index is 608. The fourth-order valence-electron chi connectivity index (χ4n) is 3.56. The van der Waals surface area contributed by atoms with Gasteiger partial charge in [-0.15, -0.1) is 0 Å². The van der Waals surface area contributed by atoms with Crippen LogP contribution in [0.4, 0.5) is 0 Å². The summed E-state index contributed by atoms with van der Waals surface area (Å²) in [7, 11) is 0. The van der Waals surface area contributed by atoms with Gasteiger partial charge in [0.15, 0.2) is 0 Å². The minimum Gasteiger partial charge on any atom is -0.480 e. The number of carbonyl (C=O) groups excluding carboxylic acids is 1. The Hall–Kier alpha value is -1.33. The van der Waals surface area contributed by atoms with Gasteiger partial charge in [-0.3, -0.25) is 4.79 Å². The Balaban J connectivity index is 1.93. The number of pyridine rings is 1. The first-order chi connectivity index (χ1) is 9.99. The zero-order valence-electron chi connectivity index (χ0n) is 11.1. The average Bonchev–Trinajstić information content (AvgIpc) is 3.00. The van der Waals surface area contributed by atoms with Gasteiger partial charge in [-0.2, -0.15) is 0 Å². The van der Waals surface area contributed by atoms with Crippen LogP contribution in [-0.2, 0) is 4.79 Å². The first kappa shape index (κ1) is 14.6. The summed E-state index contributed by atoms with van der Waals surface area (Å²) in [4.78, 5) is 29.5. The highest BCUT2D eigenvalue weighted by molar-refractivity contribution is 6.35. The predicted molar refractivity (Wildman–Crippen MR) is 77.5 cm³/mol. The highest BCUT2D eigenvalue weighted by Crippen LogP contribution is 2.43. The van der Waals surface area contributed by atoms with E-state index in [2.05, 4.69) is 4.98 Å². The van der Waals surface area contributed by atoms with E-state index < -0.39 is 12.0 Å². The van der Waals surface area contributed by atoms with Crippen LogP contribution in [0.1, 0.15) is 29.6 Å². The number of aliphatic carboxylic acids is 1. The molecule has 1 N–H and O–H groups in total. The number of hydrogen-bond acceptors (Lipinski definition) is 3. The maximum atomic E-state index is 12.7. The van der Waals surface area contributed by atoms with E-state index in [4.69, 9.17) is 23.2 Å². The fourth-order valence-corrected chi connectivity index (χ4v) is 3.90. The van der Waals surface area contributed by atoms with E-state index in [-0.39, 0.29) is 33.5 Å². The number of likely N-dealkylation sites (tertiary alicyclic amines) is 1. The molecule has 1 saturated carbocycles. The van der Waals surface area contributed by atoms with Gasteiger partial charge in [0.1, 0.15) is 11.2 Å². The van der Waals surface area contributed by atoms with Crippen LogP contribution in [0, 0.1) is 11.8 Å². The summed E-state index contributed by atoms with van der Waals surface area (Å²) >= 11 is 11.8. The largest absolute Gasteiger partial charge is 0.480 e. The van der Waals surface area contributed by atoms with Crippen LogP contribution in [0.15, 0.2) is 12.3 Å². The first-order valence-corrected chi connectivity index (χ1v) is 7.59. The van der Waals surface area contributed by atoms with Crippen LogP contribution >= 0.6 is 23.2 Å². The van der Waals surface area contributed by atoms with Gasteiger partial charge in [0.05, 0.1) is 10.6 Å². The lowest BCUT2D eigenvalue weighted by atomic mass is 9.94. The van der Waals surface area contributed by atoms with Crippen molar-refractivity contribution in [2.45, 2.75) is 25.3 Å². The van der Waals surface area contributed by atoms with Gasteiger partial charge < -0.3 is 10.0 Å². The number of carbonyl (C=O) groups is 2. The normalized spacial score (nSPS) is 27.7. The van der Waals surface area contributed by atoms with Gasteiger partial charge in [0.2, 0.25) is 0 Å². The van der Waals surface area contributed by atoms with E-state index in [1.54, 1.807) is 0 Å². The van der Waals surface area contributed by atoms with Gasteiger partial charge in [-0.05, 0) is 30.7 Å². The van der Waals surface area contributed by atoms with E-state index in [1.165, 1.54) is 17.2 Å². The molecule has 0 bridgehead atoms. The number of amides is 1. The molecule has 0 aromatic carbocycles. The molecule has 0 radical (unpaired) electrons. The van der Waals surface area contributed by atoms with Crippen molar-refractivity contribution in [1.82, 2.24) is 9.88 Å². The highest BCUT2D eigenvalue weighted by Gasteiger charge is 2.49. The molecule has 21 heavy (non-hydrogen) atoms. The number of fused-ring (bicyclic) bond motifs is 1. The maximum Gasteiger partial charge on any atom is 0.326 e. The quantitative estimate of drug-likeness (QED) is 0.847. The summed E-state index contributed by atoms with van der Waals surface area (Å²) in [5, 5.41) is 9.83. The monoisotopic (exact) mass is 328 g/mol. The molecule has 1 amide bonds. The second kappa shape index (κ2) is 5.46. The van der Waals surface area contributed by atoms with Crippen molar-refractivity contribution in [3.63, 3.8) is 0 Å². The molecule has 7 heteroatoms. The molecule has 1 aromatic heterocycles. The Morgan fingerprint density at radius 1 is 1.33 bits per heavy atom. The van der Waals surface area contributed by atoms with Gasteiger partial charge in [-0.1, -0.05) is 29.6 Å². The molecule has 5 nitrogen and oxygen atoms in total. The lowest BCUT2D eigenvalue weighted by Crippen LogP contribution is -2.43. The van der Waals surface area contributed by atoms with E-state index in [9.17, 15) is 14.7 Å². The van der Waals surface area contributed by atoms with Crippen molar-refractivity contribution in [3.8, 4) is 0 Å². The summed E-state index contributed by atoms with van der Waals surface area (Å²) in [6.45, 7) is 0.469. The van der Waals surface area contributed by atoms with Crippen molar-refractivity contribution in [2.75, 3.05) is 6.54 Å². The second-order valence-electron chi connectivity index (χ2n) is 5.58. The molecular weight excluding hydrogens is 315 g/mol. The SMILES string of the molecule is O=C(O)C1C2CCCC2CN1C(=O)c1cc(Cl)ncc1Cl. The molecule has 1 aromatic rings. The third-order valence-electron chi connectivity index (χ3n) is 4.46. The summed E-state index contributed by atoms with van der Waals surface area (Å²) in [5.41, 5.74) is 0.211. The Morgan fingerprint density at radius 3 is 2.81 bits per heavy atom. The number of carboxylic acids is 1. The molecule has 3 rings (SSSR count). The van der Waals surface area contributed by atoms with Gasteiger partial charge >= 0.3 is 5.97 Å². The van der Waals surface area contributed by atoms with Crippen molar-refractivity contribution < 1.29 is 14.7 Å². The zero-order valence-corrected chi connectivity index (χ0v) is 12.6. The lowest BCUT2D eigenvalue weighted by Gasteiger charge is -2.24. The topological polar surface area (TPSA) is 70.5 Å². The summed E-state index contributed by atoms with van der Waals surface area (Å²) < 4.78 is 0. The third kappa shape index (κ3) is 2.49. The van der Waals surface area contributed by atoms with E-state index in [0.717, 1.165) is 19.3 Å². The van der Waals surface area contributed by atoms with Gasteiger partial charge in [0.25, 0.3) is 5.91 Å². The van der Waals surface area contributed by atoms with Crippen LogP contribution in [0.25, 0.3) is 0 Å². The molecule has 2 fully saturated rings. The smallest absolute Gasteiger partial charge is 0.326 e. The van der Waals surface area contributed by atoms with Crippen molar-refractivity contribution in [3.05, 3.63) is 28.0 Å². The van der Waals surface area contributed by atoms with Crippen LogP contribution < -0.4 is 0 Å². The Kier molecular flexibility index (Phi) is 3.80. The van der Waals surface area contributed by atoms with Gasteiger partial charge in [-0.25, -0.2) is 9.78 Å². The second-order valence-corrected chi connectivity index (χ2v) is 6.38. The van der Waals surface area contributed by atoms with Crippen LogP contribution in [0.2, 0.25) is 10.2 Å². The molecule has 2 aliphatic rings. The average molecular weight is 329 g/mol. The van der Waals surface area contributed by atoms with E-state index in [0.29, 0.717) is 6.54 Å². The molecule has 3 unspecified atom stereocenters. The number of nitrogens with zero attached hydrogens (tertiary/aromatic N) is 2. The third-order valence-corrected chi connectivity index (χ3v) is 4.96. The molecule has 0 spiro atoms. The Labute approximate surface area is 131 Å². The van der Waals surface area contributed by atoms with Crippen LogP contribution in [-0.4, -0.2) is 39.5 Å². The highest BCUT2D eigenvalue weighted by atomic mass is 35.5. The van der Waals surface area contributed by atoms with E-state index >= 15 is 0 Å². The summed E-state index contributed by atoms with van der Waals surface area (Å²) in [5.74, 6) is -1.02. The number of aromatic nitrogens is 1. The van der Waals surface area contributed by atoms with Crippen molar-refractivity contribution >= 4 is 35.1 Å². The molecule has 3 atom stereocenters. The van der Waals surface area contributed by atoms with Crippen LogP contribution in [0.3, 0.4) is 0 Å². The summed E-state index contributed by atoms with van der Waals surface area (Å²) in [6, 6.07) is 0.618. The summed E-state index contributed by atoms with van der Waals surface area (Å²) in [6.07, 6.45) is 4.17. The van der Waals surface area contributed by atoms with Gasteiger partial charge in [0, 0.05) is 12.7 Å². The molecule has 112 valence electrons. The number of hydrogen-bond donors (Lipinski definition) is 1. The molecule has 1 aliphatic heterocycles. The van der Waals surface area contributed by atoms with Crippen LogP contribution in [0.5, 0.6) is 0 Å². The molecule has 1 aliphatic carbocycles. The maximum absolute atomic E-state index is 12.7. The number of halogens is 2. The first-order valence-electron chi connectivity index (χ1n) is 6.84.